The molecule has 0 bridgehead atoms. The maximum absolute atomic E-state index is 9.59. The molecule has 1 N–H and O–H groups in total. The second kappa shape index (κ2) is 6.61. The minimum absolute atomic E-state index is 1.40. The normalized spacial score (nSPS) is 7.50. The average molecular weight is 209 g/mol. The predicted molar refractivity (Wildman–Crippen MR) is 33.1 cm³/mol. The number of imidazole rings is 1. The van der Waals surface area contributed by atoms with Crippen molar-refractivity contribution in [3.05, 3.63) is 18.7 Å². The monoisotopic (exact) mass is 208 g/mol. The second-order valence-corrected chi connectivity index (χ2v) is 1.18. The Hall–Kier alpha value is -0.511. The van der Waals surface area contributed by atoms with Gasteiger partial charge in [-0.15, -0.1) is 6.41 Å². The number of rotatable bonds is 2. The third-order valence-electron chi connectivity index (χ3n) is 0.679. The first-order valence-corrected chi connectivity index (χ1v) is 3.45. The number of hydrogen-bond donors (Lipinski definition) is 1. The van der Waals surface area contributed by atoms with Crippen LogP contribution in [0, 0.1) is 0 Å². The van der Waals surface area contributed by atoms with Crippen molar-refractivity contribution in [3.63, 3.8) is 0 Å². The van der Waals surface area contributed by atoms with Gasteiger partial charge < -0.3 is 10.2 Å². The van der Waals surface area contributed by atoms with Crippen LogP contribution in [0.15, 0.2) is 18.7 Å². The number of halogens is 1. The van der Waals surface area contributed by atoms with Gasteiger partial charge in [0.2, 0.25) is 0 Å². The van der Waals surface area contributed by atoms with E-state index in [1.54, 1.807) is 12.4 Å². The van der Waals surface area contributed by atoms with Gasteiger partial charge in [0.25, 0.3) is 0 Å². The fourth-order valence-electron chi connectivity index (χ4n) is 0.378. The van der Waals surface area contributed by atoms with E-state index in [4.69, 9.17) is 0 Å². The van der Waals surface area contributed by atoms with Crippen LogP contribution in [0.3, 0.4) is 0 Å². The molecular formula is C4H4ClCuN3O. The van der Waals surface area contributed by atoms with Gasteiger partial charge in [-0.05, 0) is 0 Å². The molecule has 1 heterocycles. The Morgan fingerprint density at radius 1 is 1.70 bits per heavy atom. The number of nitrogens with zero attached hydrogens (tertiary/aromatic N) is 2. The van der Waals surface area contributed by atoms with E-state index in [1.807, 2.05) is 0 Å². The molecule has 1 aromatic rings. The molecule has 4 nitrogen and oxygen atoms in total. The van der Waals surface area contributed by atoms with Gasteiger partial charge in [0, 0.05) is 12.4 Å². The number of nitrogens with one attached hydrogen (secondary N) is 1. The van der Waals surface area contributed by atoms with Gasteiger partial charge in [-0.1, -0.05) is 0 Å². The molecule has 0 spiro atoms. The number of aromatic nitrogens is 2. The Bertz CT molecular complexity index is 167. The molecule has 6 heteroatoms. The van der Waals surface area contributed by atoms with Crippen LogP contribution in [-0.2, 0) is 19.9 Å². The summed E-state index contributed by atoms with van der Waals surface area (Å²) in [6.45, 7) is 0. The van der Waals surface area contributed by atoms with Crippen LogP contribution in [0.1, 0.15) is 0 Å². The molecule has 0 aliphatic rings. The van der Waals surface area contributed by atoms with Gasteiger partial charge >= 0.3 is 25.2 Å². The van der Waals surface area contributed by atoms with E-state index < -0.39 is 0 Å². The summed E-state index contributed by atoms with van der Waals surface area (Å²) < 4.78 is 1.40. The van der Waals surface area contributed by atoms with Gasteiger partial charge in [-0.2, -0.15) is 0 Å². The van der Waals surface area contributed by atoms with Crippen LogP contribution in [0.5, 0.6) is 0 Å². The molecule has 1 amide bonds. The van der Waals surface area contributed by atoms with Crippen molar-refractivity contribution in [2.75, 3.05) is 5.43 Å². The van der Waals surface area contributed by atoms with E-state index in [9.17, 15) is 4.79 Å². The molecule has 0 aliphatic carbocycles. The molecule has 0 saturated carbocycles. The zero-order chi connectivity index (χ0) is 7.82. The molecule has 0 atom stereocenters. The molecule has 59 valence electrons. The summed E-state index contributed by atoms with van der Waals surface area (Å²) in [5, 5.41) is 0. The molecule has 1 rings (SSSR count). The summed E-state index contributed by atoms with van der Waals surface area (Å²) >= 11 is 3.66. The fourth-order valence-corrected chi connectivity index (χ4v) is 0.378. The predicted octanol–water partition coefficient (Wildman–Crippen LogP) is 0.181. The van der Waals surface area contributed by atoms with Crippen LogP contribution in [-0.4, -0.2) is 16.1 Å². The van der Waals surface area contributed by atoms with Gasteiger partial charge in [0.1, 0.15) is 6.33 Å². The van der Waals surface area contributed by atoms with E-state index >= 15 is 0 Å². The molecule has 0 fully saturated rings. The third kappa shape index (κ3) is 3.50. The van der Waals surface area contributed by atoms with Crippen molar-refractivity contribution in [3.8, 4) is 0 Å². The topological polar surface area (TPSA) is 46.9 Å². The van der Waals surface area contributed by atoms with E-state index in [-0.39, 0.29) is 0 Å². The molecule has 0 aromatic carbocycles. The summed E-state index contributed by atoms with van der Waals surface area (Å²) in [7, 11) is 4.20. The van der Waals surface area contributed by atoms with Crippen LogP contribution in [0.4, 0.5) is 0 Å². The van der Waals surface area contributed by atoms with Crippen molar-refractivity contribution in [2.45, 2.75) is 0 Å². The summed E-state index contributed by atoms with van der Waals surface area (Å²) in [4.78, 5) is 13.2. The minimum atomic E-state index is 1.40. The van der Waals surface area contributed by atoms with Crippen molar-refractivity contribution in [1.29, 1.82) is 0 Å². The Balaban J connectivity index is 0.000000371. The Morgan fingerprint density at radius 2 is 2.40 bits per heavy atom. The van der Waals surface area contributed by atoms with E-state index in [0.29, 0.717) is 0 Å². The Labute approximate surface area is 70.6 Å². The van der Waals surface area contributed by atoms with E-state index in [2.05, 4.69) is 35.6 Å². The molecule has 10 heavy (non-hydrogen) atoms. The van der Waals surface area contributed by atoms with Crippen LogP contribution in [0.2, 0.25) is 0 Å². The average Bonchev–Trinajstić information content (AvgIpc) is 2.46. The quantitative estimate of drug-likeness (QED) is 0.429. The third-order valence-corrected chi connectivity index (χ3v) is 0.679. The summed E-state index contributed by atoms with van der Waals surface area (Å²) in [5.41, 5.74) is 2.24. The molecule has 0 radical (unpaired) electrons. The van der Waals surface area contributed by atoms with Gasteiger partial charge in [0.15, 0.2) is 0 Å². The van der Waals surface area contributed by atoms with Gasteiger partial charge in [-0.3, -0.25) is 4.68 Å². The molecular weight excluding hydrogens is 205 g/mol. The number of hydrogen-bond acceptors (Lipinski definition) is 2. The van der Waals surface area contributed by atoms with Crippen molar-refractivity contribution in [1.82, 2.24) is 9.66 Å². The fraction of sp³-hybridized carbons (Fsp3) is 0. The van der Waals surface area contributed by atoms with Crippen LogP contribution >= 0.6 is 10.1 Å². The number of amides is 1. The molecule has 0 saturated heterocycles. The van der Waals surface area contributed by atoms with Crippen LogP contribution in [0.25, 0.3) is 0 Å². The Morgan fingerprint density at radius 3 is 2.80 bits per heavy atom. The van der Waals surface area contributed by atoms with E-state index in [1.165, 1.54) is 17.4 Å². The molecule has 1 aromatic heterocycles. The first-order valence-electron chi connectivity index (χ1n) is 2.16. The first kappa shape index (κ1) is 9.49. The molecule has 0 unspecified atom stereocenters. The standard InChI is InChI=1S/C4H4N3O.ClH.Cu/c8-4-6-7-2-1-5-3-7;;/h1-3H,(H,6,8);1H;/q-1;;+2/p-1. The maximum atomic E-state index is 9.59. The molecule has 0 aliphatic heterocycles. The van der Waals surface area contributed by atoms with Crippen molar-refractivity contribution < 1.29 is 19.9 Å². The SMILES string of the molecule is O=[C-]Nn1ccnc1.[Cl][Cu+]. The zero-order valence-corrected chi connectivity index (χ0v) is 6.41. The van der Waals surface area contributed by atoms with Crippen molar-refractivity contribution in [2.24, 2.45) is 0 Å². The summed E-state index contributed by atoms with van der Waals surface area (Å²) in [6, 6.07) is 0. The first-order chi connectivity index (χ1) is 4.93. The van der Waals surface area contributed by atoms with E-state index in [0.717, 1.165) is 0 Å². The number of carbonyl (C=O) groups excluding carboxylic acids is 1. The summed E-state index contributed by atoms with van der Waals surface area (Å²) in [5.74, 6) is 0. The second-order valence-electron chi connectivity index (χ2n) is 1.18. The van der Waals surface area contributed by atoms with Crippen molar-refractivity contribution >= 4 is 16.5 Å². The zero-order valence-electron chi connectivity index (χ0n) is 4.71. The van der Waals surface area contributed by atoms with Gasteiger partial charge in [-0.25, -0.2) is 4.98 Å². The summed E-state index contributed by atoms with van der Waals surface area (Å²) in [6.07, 6.45) is 6.12. The van der Waals surface area contributed by atoms with Crippen LogP contribution < -0.4 is 5.43 Å². The Kier molecular flexibility index (Phi) is 6.27. The van der Waals surface area contributed by atoms with Gasteiger partial charge in [0.05, 0.1) is 0 Å².